The molecule has 2 unspecified atom stereocenters. The summed E-state index contributed by atoms with van der Waals surface area (Å²) in [7, 11) is 3.18. The fraction of sp³-hybridized carbons (Fsp3) is 0.500. The number of hydrogen-bond acceptors (Lipinski definition) is 5. The van der Waals surface area contributed by atoms with Crippen LogP contribution in [0.4, 0.5) is 0 Å². The smallest absolute Gasteiger partial charge is 0.203 e. The van der Waals surface area contributed by atoms with E-state index >= 15 is 0 Å². The molecule has 5 nitrogen and oxygen atoms in total. The minimum Gasteiger partial charge on any atom is -0.493 e. The highest BCUT2D eigenvalue weighted by Crippen LogP contribution is 2.37. The molecule has 1 aliphatic rings. The first-order valence-electron chi connectivity index (χ1n) is 10.5. The van der Waals surface area contributed by atoms with Crippen LogP contribution in [0.2, 0.25) is 0 Å². The van der Waals surface area contributed by atoms with E-state index in [2.05, 4.69) is 29.6 Å². The third kappa shape index (κ3) is 5.87. The maximum absolute atomic E-state index is 10.6. The van der Waals surface area contributed by atoms with E-state index < -0.39 is 6.10 Å². The summed E-state index contributed by atoms with van der Waals surface area (Å²) in [6.07, 6.45) is 5.73. The van der Waals surface area contributed by atoms with E-state index in [0.29, 0.717) is 29.7 Å². The Morgan fingerprint density at radius 2 is 1.59 bits per heavy atom. The van der Waals surface area contributed by atoms with Crippen molar-refractivity contribution >= 4 is 0 Å². The van der Waals surface area contributed by atoms with Crippen LogP contribution in [0.15, 0.2) is 48.5 Å². The first-order valence-corrected chi connectivity index (χ1v) is 10.5. The molecule has 2 atom stereocenters. The molecule has 1 saturated carbocycles. The van der Waals surface area contributed by atoms with E-state index in [1.807, 2.05) is 24.3 Å². The van der Waals surface area contributed by atoms with Gasteiger partial charge in [0.25, 0.3) is 0 Å². The second-order valence-corrected chi connectivity index (χ2v) is 7.65. The zero-order valence-electron chi connectivity index (χ0n) is 17.5. The third-order valence-corrected chi connectivity index (χ3v) is 5.66. The van der Waals surface area contributed by atoms with Crippen LogP contribution in [0, 0.1) is 5.92 Å². The van der Waals surface area contributed by atoms with Gasteiger partial charge in [-0.3, -0.25) is 0 Å². The van der Waals surface area contributed by atoms with E-state index in [1.54, 1.807) is 14.2 Å². The van der Waals surface area contributed by atoms with Crippen LogP contribution in [0.5, 0.6) is 17.2 Å². The molecule has 0 amide bonds. The first kappa shape index (κ1) is 21.5. The van der Waals surface area contributed by atoms with Gasteiger partial charge in [0.2, 0.25) is 5.75 Å². The number of rotatable bonds is 10. The van der Waals surface area contributed by atoms with Gasteiger partial charge in [-0.05, 0) is 36.5 Å². The normalized spacial score (nSPS) is 16.8. The molecular weight excluding hydrogens is 366 g/mol. The largest absolute Gasteiger partial charge is 0.493 e. The molecule has 2 N–H and O–H groups in total. The Labute approximate surface area is 174 Å². The van der Waals surface area contributed by atoms with Gasteiger partial charge in [0.15, 0.2) is 11.5 Å². The van der Waals surface area contributed by atoms with Crippen molar-refractivity contribution in [3.8, 4) is 17.2 Å². The van der Waals surface area contributed by atoms with Crippen molar-refractivity contribution in [2.45, 2.75) is 44.2 Å². The average Bonchev–Trinajstić information content (AvgIpc) is 2.79. The molecule has 0 radical (unpaired) electrons. The van der Waals surface area contributed by atoms with Crippen molar-refractivity contribution in [3.63, 3.8) is 0 Å². The van der Waals surface area contributed by atoms with Gasteiger partial charge < -0.3 is 24.6 Å². The van der Waals surface area contributed by atoms with Gasteiger partial charge in [-0.15, -0.1) is 0 Å². The van der Waals surface area contributed by atoms with Gasteiger partial charge in [-0.1, -0.05) is 55.7 Å². The van der Waals surface area contributed by atoms with Crippen molar-refractivity contribution in [3.05, 3.63) is 54.1 Å². The highest BCUT2D eigenvalue weighted by Gasteiger charge is 2.25. The molecule has 29 heavy (non-hydrogen) atoms. The number of benzene rings is 2. The fourth-order valence-corrected chi connectivity index (χ4v) is 4.15. The first-order chi connectivity index (χ1) is 14.2. The summed E-state index contributed by atoms with van der Waals surface area (Å²) in [6, 6.07) is 16.3. The number of ether oxygens (including phenoxy) is 3. The van der Waals surface area contributed by atoms with Gasteiger partial charge in [0.1, 0.15) is 12.7 Å². The summed E-state index contributed by atoms with van der Waals surface area (Å²) in [5.74, 6) is 2.31. The topological polar surface area (TPSA) is 60.0 Å². The minimum atomic E-state index is -0.639. The molecule has 0 aliphatic heterocycles. The van der Waals surface area contributed by atoms with Crippen molar-refractivity contribution in [1.29, 1.82) is 0 Å². The lowest BCUT2D eigenvalue weighted by atomic mass is 9.81. The van der Waals surface area contributed by atoms with E-state index in [4.69, 9.17) is 14.2 Å². The van der Waals surface area contributed by atoms with Crippen LogP contribution < -0.4 is 19.5 Å². The number of methoxy groups -OCH3 is 2. The van der Waals surface area contributed by atoms with Crippen LogP contribution >= 0.6 is 0 Å². The Hall–Kier alpha value is -2.24. The summed E-state index contributed by atoms with van der Waals surface area (Å²) < 4.78 is 16.6. The number of aliphatic hydroxyl groups excluding tert-OH is 1. The highest BCUT2D eigenvalue weighted by molar-refractivity contribution is 5.51. The number of nitrogens with one attached hydrogen (secondary N) is 1. The SMILES string of the molecule is COc1cccc(OC)c1OCC(O)CNC(c1ccccc1)C1CCCCC1. The minimum absolute atomic E-state index is 0.163. The predicted molar refractivity (Wildman–Crippen MR) is 115 cm³/mol. The van der Waals surface area contributed by atoms with E-state index in [-0.39, 0.29) is 12.6 Å². The van der Waals surface area contributed by atoms with Gasteiger partial charge in [0, 0.05) is 12.6 Å². The maximum atomic E-state index is 10.6. The molecule has 2 aromatic rings. The summed E-state index contributed by atoms with van der Waals surface area (Å²) >= 11 is 0. The lowest BCUT2D eigenvalue weighted by Gasteiger charge is -2.32. The van der Waals surface area contributed by atoms with E-state index in [0.717, 1.165) is 0 Å². The Balaban J connectivity index is 1.60. The maximum Gasteiger partial charge on any atom is 0.203 e. The molecule has 0 heterocycles. The zero-order chi connectivity index (χ0) is 20.5. The molecule has 2 aromatic carbocycles. The predicted octanol–water partition coefficient (Wildman–Crippen LogP) is 4.35. The molecule has 0 aromatic heterocycles. The molecule has 0 saturated heterocycles. The summed E-state index contributed by atoms with van der Waals surface area (Å²) in [4.78, 5) is 0. The van der Waals surface area contributed by atoms with Crippen molar-refractivity contribution < 1.29 is 19.3 Å². The summed E-state index contributed by atoms with van der Waals surface area (Å²) in [5.41, 5.74) is 1.29. The molecule has 0 bridgehead atoms. The second-order valence-electron chi connectivity index (χ2n) is 7.65. The molecule has 1 aliphatic carbocycles. The van der Waals surface area contributed by atoms with E-state index in [1.165, 1.54) is 37.7 Å². The molecule has 158 valence electrons. The molecule has 1 fully saturated rings. The number of hydrogen-bond donors (Lipinski definition) is 2. The van der Waals surface area contributed by atoms with E-state index in [9.17, 15) is 5.11 Å². The monoisotopic (exact) mass is 399 g/mol. The molecule has 3 rings (SSSR count). The van der Waals surface area contributed by atoms with Gasteiger partial charge in [0.05, 0.1) is 14.2 Å². The van der Waals surface area contributed by atoms with Crippen LogP contribution in [0.25, 0.3) is 0 Å². The molecular formula is C24H33NO4. The van der Waals surface area contributed by atoms with Gasteiger partial charge >= 0.3 is 0 Å². The standard InChI is InChI=1S/C24H33NO4/c1-27-21-14-9-15-22(28-2)24(21)29-17-20(26)16-25-23(18-10-5-3-6-11-18)19-12-7-4-8-13-19/h3,5-6,9-11,14-15,19-20,23,25-26H,4,7-8,12-13,16-17H2,1-2H3. The number of aliphatic hydroxyl groups is 1. The average molecular weight is 400 g/mol. The third-order valence-electron chi connectivity index (χ3n) is 5.66. The van der Waals surface area contributed by atoms with Crippen LogP contribution in [0.1, 0.15) is 43.7 Å². The lowest BCUT2D eigenvalue weighted by Crippen LogP contribution is -2.37. The zero-order valence-corrected chi connectivity index (χ0v) is 17.5. The highest BCUT2D eigenvalue weighted by atomic mass is 16.5. The summed E-state index contributed by atoms with van der Waals surface area (Å²) in [6.45, 7) is 0.628. The summed E-state index contributed by atoms with van der Waals surface area (Å²) in [5, 5.41) is 14.2. The Kier molecular flexibility index (Phi) is 8.20. The van der Waals surface area contributed by atoms with Crippen molar-refractivity contribution in [2.75, 3.05) is 27.4 Å². The Morgan fingerprint density at radius 3 is 2.21 bits per heavy atom. The van der Waals surface area contributed by atoms with Crippen LogP contribution in [-0.4, -0.2) is 38.6 Å². The number of para-hydroxylation sites is 1. The van der Waals surface area contributed by atoms with Gasteiger partial charge in [-0.25, -0.2) is 0 Å². The van der Waals surface area contributed by atoms with Gasteiger partial charge in [-0.2, -0.15) is 0 Å². The molecule has 0 spiro atoms. The quantitative estimate of drug-likeness (QED) is 0.622. The molecule has 5 heteroatoms. The van der Waals surface area contributed by atoms with Crippen molar-refractivity contribution in [1.82, 2.24) is 5.32 Å². The lowest BCUT2D eigenvalue weighted by molar-refractivity contribution is 0.0958. The van der Waals surface area contributed by atoms with Crippen LogP contribution in [-0.2, 0) is 0 Å². The second kappa shape index (κ2) is 11.1. The Bertz CT molecular complexity index is 709. The fourth-order valence-electron chi connectivity index (χ4n) is 4.15. The van der Waals surface area contributed by atoms with Crippen molar-refractivity contribution in [2.24, 2.45) is 5.92 Å². The van der Waals surface area contributed by atoms with Crippen LogP contribution in [0.3, 0.4) is 0 Å². The Morgan fingerprint density at radius 1 is 0.931 bits per heavy atom.